The molecule has 1 aromatic rings. The second-order valence-electron chi connectivity index (χ2n) is 6.20. The number of hydrogen-bond donors (Lipinski definition) is 3. The summed E-state index contributed by atoms with van der Waals surface area (Å²) in [7, 11) is 1.69. The molecule has 0 saturated heterocycles. The average Bonchev–Trinajstić information content (AvgIpc) is 3.42. The van der Waals surface area contributed by atoms with Crippen LogP contribution in [0.15, 0.2) is 23.2 Å². The van der Waals surface area contributed by atoms with Crippen molar-refractivity contribution in [3.8, 4) is 0 Å². The van der Waals surface area contributed by atoms with Crippen LogP contribution < -0.4 is 16.0 Å². The van der Waals surface area contributed by atoms with Crippen LogP contribution in [-0.4, -0.2) is 38.3 Å². The van der Waals surface area contributed by atoms with E-state index in [4.69, 9.17) is 4.74 Å². The van der Waals surface area contributed by atoms with Crippen molar-refractivity contribution < 1.29 is 13.9 Å². The van der Waals surface area contributed by atoms with Crippen molar-refractivity contribution in [1.82, 2.24) is 16.0 Å². The highest BCUT2D eigenvalue weighted by atomic mass is 127. The second kappa shape index (κ2) is 11.2. The number of nitrogens with zero attached hydrogens (tertiary/aromatic N) is 1. The zero-order valence-corrected chi connectivity index (χ0v) is 17.8. The highest BCUT2D eigenvalue weighted by Crippen LogP contribution is 2.32. The van der Waals surface area contributed by atoms with Gasteiger partial charge in [0.05, 0.1) is 12.6 Å². The van der Waals surface area contributed by atoms with Crippen LogP contribution in [0.4, 0.5) is 9.18 Å². The minimum atomic E-state index is -0.383. The molecule has 1 fully saturated rings. The maximum absolute atomic E-state index is 13.3. The predicted molar refractivity (Wildman–Crippen MR) is 111 cm³/mol. The molecule has 0 heterocycles. The number of alkyl carbamates (subject to hydrolysis) is 1. The molecule has 0 radical (unpaired) electrons. The molecule has 6 nitrogen and oxygen atoms in total. The molecule has 146 valence electrons. The van der Waals surface area contributed by atoms with Crippen LogP contribution in [0.2, 0.25) is 0 Å². The molecule has 3 N–H and O–H groups in total. The molecule has 1 aliphatic carbocycles. The minimum Gasteiger partial charge on any atom is -0.450 e. The monoisotopic (exact) mass is 478 g/mol. The number of nitrogens with one attached hydrogen (secondary N) is 3. The molecule has 0 aromatic heterocycles. The van der Waals surface area contributed by atoms with Gasteiger partial charge in [-0.25, -0.2) is 9.18 Å². The first-order valence-corrected chi connectivity index (χ1v) is 8.66. The maximum Gasteiger partial charge on any atom is 0.407 e. The van der Waals surface area contributed by atoms with E-state index in [1.807, 2.05) is 6.07 Å². The van der Waals surface area contributed by atoms with Crippen LogP contribution in [0.1, 0.15) is 30.9 Å². The largest absolute Gasteiger partial charge is 0.450 e. The third kappa shape index (κ3) is 7.35. The summed E-state index contributed by atoms with van der Waals surface area (Å²) in [6, 6.07) is 5.04. The Morgan fingerprint density at radius 1 is 1.38 bits per heavy atom. The van der Waals surface area contributed by atoms with Crippen molar-refractivity contribution >= 4 is 36.0 Å². The molecule has 26 heavy (non-hydrogen) atoms. The van der Waals surface area contributed by atoms with Crippen LogP contribution in [0.25, 0.3) is 0 Å². The highest BCUT2D eigenvalue weighted by molar-refractivity contribution is 14.0. The van der Waals surface area contributed by atoms with Gasteiger partial charge in [-0.3, -0.25) is 4.99 Å². The Morgan fingerprint density at radius 2 is 2.12 bits per heavy atom. The van der Waals surface area contributed by atoms with Crippen LogP contribution in [0.3, 0.4) is 0 Å². The van der Waals surface area contributed by atoms with Gasteiger partial charge >= 0.3 is 6.09 Å². The van der Waals surface area contributed by atoms with E-state index in [-0.39, 0.29) is 41.9 Å². The fourth-order valence-electron chi connectivity index (χ4n) is 2.59. The topological polar surface area (TPSA) is 74.8 Å². The van der Waals surface area contributed by atoms with E-state index in [0.717, 1.165) is 18.4 Å². The van der Waals surface area contributed by atoms with Crippen LogP contribution >= 0.6 is 24.0 Å². The molecule has 1 aromatic carbocycles. The number of hydrogen-bond acceptors (Lipinski definition) is 3. The lowest BCUT2D eigenvalue weighted by atomic mass is 10.1. The van der Waals surface area contributed by atoms with Crippen molar-refractivity contribution in [2.45, 2.75) is 39.3 Å². The number of aryl methyl sites for hydroxylation is 1. The van der Waals surface area contributed by atoms with E-state index in [2.05, 4.69) is 20.9 Å². The summed E-state index contributed by atoms with van der Waals surface area (Å²) in [5.74, 6) is 0.914. The number of rotatable bonds is 7. The minimum absolute atomic E-state index is 0. The summed E-state index contributed by atoms with van der Waals surface area (Å²) >= 11 is 0. The Hall–Kier alpha value is -1.58. The maximum atomic E-state index is 13.3. The van der Waals surface area contributed by atoms with Gasteiger partial charge in [0.1, 0.15) is 5.82 Å². The van der Waals surface area contributed by atoms with Gasteiger partial charge in [-0.15, -0.1) is 24.0 Å². The molecule has 1 atom stereocenters. The molecule has 0 bridgehead atoms. The molecule has 0 aliphatic heterocycles. The Labute approximate surface area is 171 Å². The Balaban J connectivity index is 0.00000338. The molecule has 1 saturated carbocycles. The summed E-state index contributed by atoms with van der Waals surface area (Å²) in [6.45, 7) is 5.00. The fourth-order valence-corrected chi connectivity index (χ4v) is 2.59. The van der Waals surface area contributed by atoms with Gasteiger partial charge in [0.2, 0.25) is 0 Å². The van der Waals surface area contributed by atoms with Crippen molar-refractivity contribution in [1.29, 1.82) is 0 Å². The number of benzene rings is 1. The summed E-state index contributed by atoms with van der Waals surface area (Å²) in [5, 5.41) is 9.33. The molecule has 8 heteroatoms. The van der Waals surface area contributed by atoms with Gasteiger partial charge in [-0.2, -0.15) is 0 Å². The predicted octanol–water partition coefficient (Wildman–Crippen LogP) is 2.94. The van der Waals surface area contributed by atoms with Gasteiger partial charge in [-0.05, 0) is 49.8 Å². The fraction of sp³-hybridized carbons (Fsp3) is 0.556. The number of guanidine groups is 1. The van der Waals surface area contributed by atoms with Crippen molar-refractivity contribution in [2.75, 3.05) is 20.2 Å². The SMILES string of the molecule is CCOC(=O)NC(CNC(=NC)NCc1ccc(F)c(C)c1)C1CC1.I. The van der Waals surface area contributed by atoms with Crippen molar-refractivity contribution in [2.24, 2.45) is 10.9 Å². The lowest BCUT2D eigenvalue weighted by molar-refractivity contribution is 0.146. The molecule has 0 spiro atoms. The summed E-state index contributed by atoms with van der Waals surface area (Å²) < 4.78 is 18.3. The van der Waals surface area contributed by atoms with E-state index >= 15 is 0 Å². The summed E-state index contributed by atoms with van der Waals surface area (Å²) in [4.78, 5) is 15.8. The quantitative estimate of drug-likeness (QED) is 0.320. The van der Waals surface area contributed by atoms with Crippen LogP contribution in [0.5, 0.6) is 0 Å². The van der Waals surface area contributed by atoms with Gasteiger partial charge in [0.15, 0.2) is 5.96 Å². The van der Waals surface area contributed by atoms with E-state index in [1.54, 1.807) is 27.0 Å². The Kier molecular flexibility index (Phi) is 9.68. The zero-order valence-electron chi connectivity index (χ0n) is 15.5. The van der Waals surface area contributed by atoms with E-state index in [1.165, 1.54) is 6.07 Å². The van der Waals surface area contributed by atoms with Crippen LogP contribution in [0, 0.1) is 18.7 Å². The van der Waals surface area contributed by atoms with Gasteiger partial charge in [0, 0.05) is 20.1 Å². The summed E-state index contributed by atoms with van der Waals surface area (Å²) in [5.41, 5.74) is 1.60. The average molecular weight is 478 g/mol. The van der Waals surface area contributed by atoms with E-state index in [9.17, 15) is 9.18 Å². The number of carbonyl (C=O) groups excluding carboxylic acids is 1. The third-order valence-electron chi connectivity index (χ3n) is 4.17. The second-order valence-corrected chi connectivity index (χ2v) is 6.20. The number of aliphatic imine (C=N–C) groups is 1. The lowest BCUT2D eigenvalue weighted by Crippen LogP contribution is -2.48. The third-order valence-corrected chi connectivity index (χ3v) is 4.17. The normalized spacial score (nSPS) is 14.8. The van der Waals surface area contributed by atoms with Crippen molar-refractivity contribution in [3.05, 3.63) is 35.1 Å². The van der Waals surface area contributed by atoms with Gasteiger partial charge in [-0.1, -0.05) is 12.1 Å². The lowest BCUT2D eigenvalue weighted by Gasteiger charge is -2.20. The zero-order chi connectivity index (χ0) is 18.2. The molecule has 1 unspecified atom stereocenters. The molecule has 1 aliphatic rings. The first-order valence-electron chi connectivity index (χ1n) is 8.66. The smallest absolute Gasteiger partial charge is 0.407 e. The molecular weight excluding hydrogens is 450 g/mol. The molecule has 2 rings (SSSR count). The number of carbonyl (C=O) groups is 1. The number of amides is 1. The standard InChI is InChI=1S/C18H27FN4O2.HI/c1-4-25-18(24)23-16(14-6-7-14)11-22-17(20-3)21-10-13-5-8-15(19)12(2)9-13;/h5,8-9,14,16H,4,6-7,10-11H2,1-3H3,(H,23,24)(H2,20,21,22);1H. The number of ether oxygens (including phenoxy) is 1. The molecule has 1 amide bonds. The first-order chi connectivity index (χ1) is 12.0. The summed E-state index contributed by atoms with van der Waals surface area (Å²) in [6.07, 6.45) is 1.84. The molecular formula is C18H28FIN4O2. The van der Waals surface area contributed by atoms with Crippen molar-refractivity contribution in [3.63, 3.8) is 0 Å². The Bertz CT molecular complexity index is 623. The first kappa shape index (κ1) is 22.5. The van der Waals surface area contributed by atoms with Gasteiger partial charge in [0.25, 0.3) is 0 Å². The number of halogens is 2. The van der Waals surface area contributed by atoms with E-state index < -0.39 is 0 Å². The van der Waals surface area contributed by atoms with Crippen LogP contribution in [-0.2, 0) is 11.3 Å². The van der Waals surface area contributed by atoms with Gasteiger partial charge < -0.3 is 20.7 Å². The Morgan fingerprint density at radius 3 is 2.69 bits per heavy atom. The highest BCUT2D eigenvalue weighted by Gasteiger charge is 2.32. The van der Waals surface area contributed by atoms with E-state index in [0.29, 0.717) is 37.1 Å².